The number of fused-ring (bicyclic) bond motifs is 5. The van der Waals surface area contributed by atoms with E-state index in [0.717, 1.165) is 12.3 Å². The molecule has 136 valence electrons. The lowest BCUT2D eigenvalue weighted by Crippen LogP contribution is -2.26. The van der Waals surface area contributed by atoms with Gasteiger partial charge in [-0.1, -0.05) is 50.8 Å². The molecule has 0 amide bonds. The Morgan fingerprint density at radius 2 is 2.19 bits per heavy atom. The summed E-state index contributed by atoms with van der Waals surface area (Å²) >= 11 is 0. The number of hydrogen-bond acceptors (Lipinski definition) is 1. The molecule has 0 bridgehead atoms. The van der Waals surface area contributed by atoms with Gasteiger partial charge < -0.3 is 4.57 Å². The Balaban J connectivity index is 1.55. The summed E-state index contributed by atoms with van der Waals surface area (Å²) in [6.07, 6.45) is 23.5. The summed E-state index contributed by atoms with van der Waals surface area (Å²) in [7, 11) is 0. The number of aromatic nitrogens is 2. The molecule has 5 rings (SSSR count). The Labute approximate surface area is 157 Å². The van der Waals surface area contributed by atoms with Crippen molar-refractivity contribution in [3.8, 4) is 0 Å². The molecule has 26 heavy (non-hydrogen) atoms. The maximum absolute atomic E-state index is 4.44. The van der Waals surface area contributed by atoms with E-state index in [1.807, 2.05) is 6.20 Å². The highest BCUT2D eigenvalue weighted by Crippen LogP contribution is 2.47. The first kappa shape index (κ1) is 16.4. The third kappa shape index (κ3) is 2.57. The summed E-state index contributed by atoms with van der Waals surface area (Å²) in [5.74, 6) is 1.62. The molecule has 2 aliphatic carbocycles. The van der Waals surface area contributed by atoms with Crippen molar-refractivity contribution >= 4 is 16.5 Å². The fourth-order valence-electron chi connectivity index (χ4n) is 5.73. The van der Waals surface area contributed by atoms with Gasteiger partial charge in [-0.2, -0.15) is 0 Å². The Bertz CT molecular complexity index is 870. The SMILES string of the molecule is CCCCCC1CCC2C(C=CC3=CCCc4c3n2c2ccncc42)C1. The van der Waals surface area contributed by atoms with Crippen molar-refractivity contribution in [2.45, 2.75) is 70.8 Å². The summed E-state index contributed by atoms with van der Waals surface area (Å²) in [4.78, 5) is 4.44. The molecular formula is C24H30N2. The average molecular weight is 347 g/mol. The van der Waals surface area contributed by atoms with Gasteiger partial charge in [0, 0.05) is 23.8 Å². The fraction of sp³-hybridized carbons (Fsp3) is 0.542. The van der Waals surface area contributed by atoms with Crippen LogP contribution in [0.2, 0.25) is 0 Å². The van der Waals surface area contributed by atoms with Crippen LogP contribution in [0, 0.1) is 11.8 Å². The Morgan fingerprint density at radius 3 is 3.12 bits per heavy atom. The molecule has 0 radical (unpaired) electrons. The predicted molar refractivity (Wildman–Crippen MR) is 109 cm³/mol. The van der Waals surface area contributed by atoms with E-state index in [2.05, 4.69) is 47.0 Å². The number of nitrogens with zero attached hydrogens (tertiary/aromatic N) is 2. The van der Waals surface area contributed by atoms with E-state index in [-0.39, 0.29) is 0 Å². The number of unbranched alkanes of at least 4 members (excludes halogenated alkanes) is 2. The average Bonchev–Trinajstić information content (AvgIpc) is 2.92. The first-order chi connectivity index (χ1) is 12.9. The zero-order valence-corrected chi connectivity index (χ0v) is 16.0. The number of hydrogen-bond donors (Lipinski definition) is 0. The standard InChI is InChI=1S/C24H30N2/c1-2-3-4-6-17-9-12-22-19(15-17)11-10-18-7-5-8-20-21-16-25-14-13-23(21)26(22)24(18)20/h7,10-11,13-14,16-17,19,22H,2-6,8-9,12,15H2,1H3. The molecule has 1 aliphatic heterocycles. The molecular weight excluding hydrogens is 316 g/mol. The Morgan fingerprint density at radius 1 is 1.23 bits per heavy atom. The van der Waals surface area contributed by atoms with Crippen molar-refractivity contribution in [1.82, 2.24) is 9.55 Å². The van der Waals surface area contributed by atoms with Crippen LogP contribution in [-0.4, -0.2) is 9.55 Å². The molecule has 0 N–H and O–H groups in total. The van der Waals surface area contributed by atoms with E-state index in [1.165, 1.54) is 73.5 Å². The van der Waals surface area contributed by atoms with Crippen molar-refractivity contribution in [3.05, 3.63) is 47.9 Å². The van der Waals surface area contributed by atoms with Gasteiger partial charge in [-0.25, -0.2) is 0 Å². The zero-order chi connectivity index (χ0) is 17.5. The third-order valence-corrected chi connectivity index (χ3v) is 6.98. The molecule has 3 aliphatic rings. The van der Waals surface area contributed by atoms with E-state index in [0.29, 0.717) is 12.0 Å². The monoisotopic (exact) mass is 346 g/mol. The summed E-state index contributed by atoms with van der Waals surface area (Å²) in [6, 6.07) is 2.88. The van der Waals surface area contributed by atoms with Crippen LogP contribution in [0.4, 0.5) is 0 Å². The summed E-state index contributed by atoms with van der Waals surface area (Å²) in [5, 5.41) is 1.40. The quantitative estimate of drug-likeness (QED) is 0.580. The summed E-state index contributed by atoms with van der Waals surface area (Å²) < 4.78 is 2.71. The van der Waals surface area contributed by atoms with Gasteiger partial charge >= 0.3 is 0 Å². The van der Waals surface area contributed by atoms with E-state index in [4.69, 9.17) is 0 Å². The molecule has 2 nitrogen and oxygen atoms in total. The smallest absolute Gasteiger partial charge is 0.0524 e. The second-order valence-electron chi connectivity index (χ2n) is 8.55. The Hall–Kier alpha value is -1.83. The summed E-state index contributed by atoms with van der Waals surface area (Å²) in [5.41, 5.74) is 5.92. The van der Waals surface area contributed by atoms with Gasteiger partial charge in [0.2, 0.25) is 0 Å². The molecule has 3 heterocycles. The van der Waals surface area contributed by atoms with Crippen molar-refractivity contribution in [2.75, 3.05) is 0 Å². The van der Waals surface area contributed by atoms with E-state index >= 15 is 0 Å². The second-order valence-corrected chi connectivity index (χ2v) is 8.55. The molecule has 1 saturated carbocycles. The van der Waals surface area contributed by atoms with Crippen LogP contribution in [0.25, 0.3) is 16.5 Å². The molecule has 2 aromatic rings. The van der Waals surface area contributed by atoms with Crippen LogP contribution in [0.3, 0.4) is 0 Å². The number of allylic oxidation sites excluding steroid dienone is 4. The first-order valence-electron chi connectivity index (χ1n) is 10.7. The van der Waals surface area contributed by atoms with Crippen LogP contribution in [-0.2, 0) is 6.42 Å². The fourth-order valence-corrected chi connectivity index (χ4v) is 5.73. The molecule has 0 spiro atoms. The molecule has 0 aromatic carbocycles. The minimum Gasteiger partial charge on any atom is -0.336 e. The molecule has 2 aromatic heterocycles. The van der Waals surface area contributed by atoms with Gasteiger partial charge in [-0.05, 0) is 61.1 Å². The van der Waals surface area contributed by atoms with Gasteiger partial charge in [-0.15, -0.1) is 0 Å². The lowest BCUT2D eigenvalue weighted by Gasteiger charge is -2.36. The molecule has 3 atom stereocenters. The lowest BCUT2D eigenvalue weighted by molar-refractivity contribution is 0.211. The van der Waals surface area contributed by atoms with Crippen LogP contribution >= 0.6 is 0 Å². The van der Waals surface area contributed by atoms with E-state index < -0.39 is 0 Å². The third-order valence-electron chi connectivity index (χ3n) is 6.98. The highest BCUT2D eigenvalue weighted by atomic mass is 15.0. The van der Waals surface area contributed by atoms with Gasteiger partial charge in [0.1, 0.15) is 0 Å². The molecule has 2 heteroatoms. The predicted octanol–water partition coefficient (Wildman–Crippen LogP) is 6.47. The van der Waals surface area contributed by atoms with Gasteiger partial charge in [0.15, 0.2) is 0 Å². The summed E-state index contributed by atoms with van der Waals surface area (Å²) in [6.45, 7) is 2.31. The van der Waals surface area contributed by atoms with Crippen LogP contribution in [0.15, 0.2) is 36.7 Å². The minimum absolute atomic E-state index is 0.631. The van der Waals surface area contributed by atoms with Gasteiger partial charge in [-0.3, -0.25) is 4.98 Å². The van der Waals surface area contributed by atoms with Crippen molar-refractivity contribution in [2.24, 2.45) is 11.8 Å². The number of rotatable bonds is 4. The number of pyridine rings is 1. The molecule has 0 saturated heterocycles. The van der Waals surface area contributed by atoms with E-state index in [9.17, 15) is 0 Å². The molecule has 3 unspecified atom stereocenters. The lowest BCUT2D eigenvalue weighted by atomic mass is 9.76. The van der Waals surface area contributed by atoms with Gasteiger partial charge in [0.05, 0.1) is 11.2 Å². The topological polar surface area (TPSA) is 17.8 Å². The minimum atomic E-state index is 0.631. The normalized spacial score (nSPS) is 27.0. The highest BCUT2D eigenvalue weighted by Gasteiger charge is 2.35. The van der Waals surface area contributed by atoms with Crippen LogP contribution in [0.5, 0.6) is 0 Å². The second kappa shape index (κ2) is 6.72. The van der Waals surface area contributed by atoms with Crippen LogP contribution < -0.4 is 0 Å². The zero-order valence-electron chi connectivity index (χ0n) is 16.0. The van der Waals surface area contributed by atoms with Crippen molar-refractivity contribution < 1.29 is 0 Å². The highest BCUT2D eigenvalue weighted by molar-refractivity contribution is 5.92. The molecule has 1 fully saturated rings. The maximum Gasteiger partial charge on any atom is 0.0524 e. The van der Waals surface area contributed by atoms with Crippen LogP contribution in [0.1, 0.15) is 75.6 Å². The largest absolute Gasteiger partial charge is 0.336 e. The van der Waals surface area contributed by atoms with E-state index in [1.54, 1.807) is 5.56 Å². The first-order valence-corrected chi connectivity index (χ1v) is 10.7. The van der Waals surface area contributed by atoms with Crippen molar-refractivity contribution in [3.63, 3.8) is 0 Å². The number of aryl methyl sites for hydroxylation is 1. The Kier molecular flexibility index (Phi) is 4.23. The van der Waals surface area contributed by atoms with Gasteiger partial charge in [0.25, 0.3) is 0 Å². The maximum atomic E-state index is 4.44. The van der Waals surface area contributed by atoms with Crippen molar-refractivity contribution in [1.29, 1.82) is 0 Å².